The van der Waals surface area contributed by atoms with Gasteiger partial charge in [0.2, 0.25) is 0 Å². The van der Waals surface area contributed by atoms with Gasteiger partial charge in [-0.05, 0) is 12.1 Å². The number of rotatable bonds is 2. The average molecular weight is 258 g/mol. The van der Waals surface area contributed by atoms with Gasteiger partial charge >= 0.3 is 6.18 Å². The Bertz CT molecular complexity index is 571. The minimum Gasteiger partial charge on any atom is -0.329 e. The van der Waals surface area contributed by atoms with Crippen molar-refractivity contribution < 1.29 is 13.2 Å². The highest BCUT2D eigenvalue weighted by molar-refractivity contribution is 5.41. The van der Waals surface area contributed by atoms with Gasteiger partial charge in [0.25, 0.3) is 0 Å². The fourth-order valence-electron chi connectivity index (χ4n) is 1.61. The number of fused-ring (bicyclic) bond motifs is 1. The molecule has 0 unspecified atom stereocenters. The molecule has 0 atom stereocenters. The maximum Gasteiger partial charge on any atom is 0.417 e. The van der Waals surface area contributed by atoms with E-state index < -0.39 is 17.2 Å². The molecule has 2 rings (SSSR count). The zero-order valence-corrected chi connectivity index (χ0v) is 9.99. The Morgan fingerprint density at radius 1 is 1.22 bits per heavy atom. The summed E-state index contributed by atoms with van der Waals surface area (Å²) in [6.07, 6.45) is -3.38. The molecule has 2 aromatic heterocycles. The first-order valence-electron chi connectivity index (χ1n) is 5.38. The lowest BCUT2D eigenvalue weighted by Gasteiger charge is -2.20. The molecule has 0 saturated heterocycles. The normalized spacial score (nSPS) is 13.2. The van der Waals surface area contributed by atoms with Crippen LogP contribution in [0.4, 0.5) is 13.2 Å². The van der Waals surface area contributed by atoms with Crippen molar-refractivity contribution >= 4 is 5.65 Å². The molecule has 0 fully saturated rings. The minimum atomic E-state index is -4.39. The number of nitrogens with two attached hydrogens (primary N) is 1. The van der Waals surface area contributed by atoms with Gasteiger partial charge in [0.05, 0.1) is 5.56 Å². The molecule has 2 aromatic rings. The Balaban J connectivity index is 2.64. The number of aromatic nitrogens is 3. The molecule has 2 heterocycles. The maximum atomic E-state index is 12.7. The standard InChI is InChI=1S/C11H13F3N4/c1-10(2,6-15)9-17-16-8-4-3-7(5-18(8)9)11(12,13)14/h3-5H,6,15H2,1-2H3. The molecule has 0 spiro atoms. The third-order valence-corrected chi connectivity index (χ3v) is 2.85. The SMILES string of the molecule is CC(C)(CN)c1nnc2ccc(C(F)(F)F)cn12. The summed E-state index contributed by atoms with van der Waals surface area (Å²) < 4.78 is 39.3. The van der Waals surface area contributed by atoms with Crippen LogP contribution in [0.15, 0.2) is 18.3 Å². The Hall–Kier alpha value is -1.63. The lowest BCUT2D eigenvalue weighted by atomic mass is 9.93. The van der Waals surface area contributed by atoms with E-state index >= 15 is 0 Å². The molecule has 98 valence electrons. The number of hydrogen-bond donors (Lipinski definition) is 1. The minimum absolute atomic E-state index is 0.268. The molecule has 18 heavy (non-hydrogen) atoms. The first-order valence-corrected chi connectivity index (χ1v) is 5.38. The van der Waals surface area contributed by atoms with Crippen LogP contribution in [0.1, 0.15) is 25.2 Å². The second-order valence-electron chi connectivity index (χ2n) is 4.76. The highest BCUT2D eigenvalue weighted by Crippen LogP contribution is 2.30. The molecular weight excluding hydrogens is 245 g/mol. The zero-order chi connectivity index (χ0) is 13.6. The predicted molar refractivity (Wildman–Crippen MR) is 60.1 cm³/mol. The number of nitrogens with zero attached hydrogens (tertiary/aromatic N) is 3. The van der Waals surface area contributed by atoms with Crippen molar-refractivity contribution in [3.8, 4) is 0 Å². The van der Waals surface area contributed by atoms with Crippen molar-refractivity contribution in [3.63, 3.8) is 0 Å². The summed E-state index contributed by atoms with van der Waals surface area (Å²) in [5, 5.41) is 7.77. The Morgan fingerprint density at radius 2 is 1.89 bits per heavy atom. The van der Waals surface area contributed by atoms with E-state index in [-0.39, 0.29) is 6.54 Å². The maximum absolute atomic E-state index is 12.7. The van der Waals surface area contributed by atoms with Crippen LogP contribution >= 0.6 is 0 Å². The van der Waals surface area contributed by atoms with E-state index in [0.29, 0.717) is 11.5 Å². The molecule has 0 bridgehead atoms. The van der Waals surface area contributed by atoms with Crippen LogP contribution in [0, 0.1) is 0 Å². The van der Waals surface area contributed by atoms with Crippen LogP contribution in [0.25, 0.3) is 5.65 Å². The van der Waals surface area contributed by atoms with E-state index in [1.54, 1.807) is 0 Å². The first-order chi connectivity index (χ1) is 8.25. The molecule has 7 heteroatoms. The highest BCUT2D eigenvalue weighted by atomic mass is 19.4. The van der Waals surface area contributed by atoms with Gasteiger partial charge in [0, 0.05) is 18.2 Å². The van der Waals surface area contributed by atoms with Gasteiger partial charge in [0.1, 0.15) is 5.82 Å². The fourth-order valence-corrected chi connectivity index (χ4v) is 1.61. The van der Waals surface area contributed by atoms with Crippen molar-refractivity contribution in [2.75, 3.05) is 6.54 Å². The van der Waals surface area contributed by atoms with Crippen molar-refractivity contribution in [1.82, 2.24) is 14.6 Å². The van der Waals surface area contributed by atoms with Crippen LogP contribution in [0.2, 0.25) is 0 Å². The summed E-state index contributed by atoms with van der Waals surface area (Å²) in [6.45, 7) is 3.89. The summed E-state index contributed by atoms with van der Waals surface area (Å²) in [6, 6.07) is 2.29. The smallest absolute Gasteiger partial charge is 0.329 e. The summed E-state index contributed by atoms with van der Waals surface area (Å²) in [4.78, 5) is 0. The van der Waals surface area contributed by atoms with Gasteiger partial charge in [-0.25, -0.2) is 0 Å². The van der Waals surface area contributed by atoms with Crippen molar-refractivity contribution in [1.29, 1.82) is 0 Å². The predicted octanol–water partition coefficient (Wildman–Crippen LogP) is 1.98. The van der Waals surface area contributed by atoms with E-state index in [2.05, 4.69) is 10.2 Å². The molecular formula is C11H13F3N4. The van der Waals surface area contributed by atoms with E-state index in [4.69, 9.17) is 5.73 Å². The molecule has 2 N–H and O–H groups in total. The van der Waals surface area contributed by atoms with Gasteiger partial charge in [-0.15, -0.1) is 10.2 Å². The van der Waals surface area contributed by atoms with Gasteiger partial charge < -0.3 is 5.73 Å². The molecule has 0 saturated carbocycles. The summed E-state index contributed by atoms with van der Waals surface area (Å²) >= 11 is 0. The monoisotopic (exact) mass is 258 g/mol. The van der Waals surface area contributed by atoms with Crippen LogP contribution in [-0.4, -0.2) is 21.1 Å². The summed E-state index contributed by atoms with van der Waals surface area (Å²) in [7, 11) is 0. The van der Waals surface area contributed by atoms with Gasteiger partial charge in [-0.3, -0.25) is 4.40 Å². The third-order valence-electron chi connectivity index (χ3n) is 2.85. The Morgan fingerprint density at radius 3 is 2.44 bits per heavy atom. The summed E-state index contributed by atoms with van der Waals surface area (Å²) in [5.74, 6) is 0.422. The van der Waals surface area contributed by atoms with Gasteiger partial charge in [-0.1, -0.05) is 13.8 Å². The van der Waals surface area contributed by atoms with Gasteiger partial charge in [-0.2, -0.15) is 13.2 Å². The third kappa shape index (κ3) is 2.05. The van der Waals surface area contributed by atoms with E-state index in [1.165, 1.54) is 10.5 Å². The number of pyridine rings is 1. The quantitative estimate of drug-likeness (QED) is 0.896. The van der Waals surface area contributed by atoms with E-state index in [9.17, 15) is 13.2 Å². The van der Waals surface area contributed by atoms with Crippen molar-refractivity contribution in [2.45, 2.75) is 25.4 Å². The molecule has 0 aliphatic rings. The summed E-state index contributed by atoms with van der Waals surface area (Å²) in [5.41, 5.74) is 4.71. The molecule has 4 nitrogen and oxygen atoms in total. The van der Waals surface area contributed by atoms with E-state index in [1.807, 2.05) is 13.8 Å². The van der Waals surface area contributed by atoms with Crippen LogP contribution in [0.3, 0.4) is 0 Å². The molecule has 0 amide bonds. The molecule has 0 aliphatic heterocycles. The molecule has 0 aliphatic carbocycles. The van der Waals surface area contributed by atoms with Crippen molar-refractivity contribution in [2.24, 2.45) is 5.73 Å². The molecule has 0 radical (unpaired) electrons. The second kappa shape index (κ2) is 3.94. The highest BCUT2D eigenvalue weighted by Gasteiger charge is 2.32. The second-order valence-corrected chi connectivity index (χ2v) is 4.76. The number of alkyl halides is 3. The van der Waals surface area contributed by atoms with Gasteiger partial charge in [0.15, 0.2) is 5.65 Å². The van der Waals surface area contributed by atoms with E-state index in [0.717, 1.165) is 12.3 Å². The lowest BCUT2D eigenvalue weighted by molar-refractivity contribution is -0.137. The fraction of sp³-hybridized carbons (Fsp3) is 0.455. The number of hydrogen-bond acceptors (Lipinski definition) is 3. The Labute approximate surface area is 102 Å². The largest absolute Gasteiger partial charge is 0.417 e. The van der Waals surface area contributed by atoms with Crippen molar-refractivity contribution in [3.05, 3.63) is 29.7 Å². The first kappa shape index (κ1) is 12.8. The lowest BCUT2D eigenvalue weighted by Crippen LogP contribution is -2.30. The average Bonchev–Trinajstić information content (AvgIpc) is 2.71. The van der Waals surface area contributed by atoms with Crippen LogP contribution < -0.4 is 5.73 Å². The molecule has 0 aromatic carbocycles. The van der Waals surface area contributed by atoms with Crippen LogP contribution in [-0.2, 0) is 11.6 Å². The number of halogens is 3. The van der Waals surface area contributed by atoms with Crippen LogP contribution in [0.5, 0.6) is 0 Å². The Kier molecular flexibility index (Phi) is 2.81. The topological polar surface area (TPSA) is 56.2 Å². The zero-order valence-electron chi connectivity index (χ0n) is 9.99.